The van der Waals surface area contributed by atoms with Crippen LogP contribution in [0.1, 0.15) is 15.9 Å². The Morgan fingerprint density at radius 1 is 0.872 bits per heavy atom. The predicted octanol–water partition coefficient (Wildman–Crippen LogP) is 7.11. The minimum Gasteiger partial charge on any atom is -0.493 e. The van der Waals surface area contributed by atoms with Crippen molar-refractivity contribution in [3.05, 3.63) is 125 Å². The summed E-state index contributed by atoms with van der Waals surface area (Å²) in [5.74, 6) is -0.571. The zero-order valence-electron chi connectivity index (χ0n) is 25.3. The van der Waals surface area contributed by atoms with Gasteiger partial charge in [0.2, 0.25) is 5.91 Å². The first-order valence-corrected chi connectivity index (χ1v) is 16.0. The zero-order valence-corrected chi connectivity index (χ0v) is 26.9. The third-order valence-corrected chi connectivity index (χ3v) is 8.42. The van der Waals surface area contributed by atoms with Crippen molar-refractivity contribution in [3.8, 4) is 22.8 Å². The minimum absolute atomic E-state index is 0.129. The van der Waals surface area contributed by atoms with E-state index in [1.807, 2.05) is 17.5 Å². The molecule has 1 aromatic heterocycles. The molecule has 5 rings (SSSR count). The first kappa shape index (κ1) is 32.9. The molecule has 0 unspecified atom stereocenters. The van der Waals surface area contributed by atoms with E-state index >= 15 is 0 Å². The summed E-state index contributed by atoms with van der Waals surface area (Å²) in [5.41, 5.74) is 2.33. The molecule has 47 heavy (non-hydrogen) atoms. The molecule has 0 bridgehead atoms. The van der Waals surface area contributed by atoms with Crippen LogP contribution in [-0.4, -0.2) is 42.7 Å². The van der Waals surface area contributed by atoms with E-state index in [1.54, 1.807) is 80.9 Å². The second kappa shape index (κ2) is 15.7. The number of anilines is 2. The monoisotopic (exact) mass is 668 g/mol. The summed E-state index contributed by atoms with van der Waals surface area (Å²) in [6.07, 6.45) is 1.29. The van der Waals surface area contributed by atoms with Gasteiger partial charge in [-0.3, -0.25) is 14.4 Å². The number of rotatable bonds is 12. The number of nitrogens with zero attached hydrogens (tertiary/aromatic N) is 1. The molecule has 0 aliphatic rings. The number of carbonyl (C=O) groups excluding carboxylic acids is 3. The lowest BCUT2D eigenvalue weighted by molar-refractivity contribution is -0.114. The molecule has 1 heterocycles. The predicted molar refractivity (Wildman–Crippen MR) is 183 cm³/mol. The molecule has 238 valence electrons. The van der Waals surface area contributed by atoms with Crippen LogP contribution in [0.3, 0.4) is 0 Å². The Bertz CT molecular complexity index is 1910. The number of amides is 3. The fourth-order valence-electron chi connectivity index (χ4n) is 4.29. The van der Waals surface area contributed by atoms with E-state index in [0.29, 0.717) is 33.6 Å². The molecule has 12 heteroatoms. The highest BCUT2D eigenvalue weighted by molar-refractivity contribution is 8.00. The molecule has 0 fully saturated rings. The third kappa shape index (κ3) is 8.84. The van der Waals surface area contributed by atoms with Crippen LogP contribution in [0.2, 0.25) is 0 Å². The number of hydrogen-bond donors (Lipinski definition) is 3. The number of methoxy groups -OCH3 is 2. The Hall–Kier alpha value is -5.46. The molecule has 0 saturated carbocycles. The topological polar surface area (TPSA) is 119 Å². The summed E-state index contributed by atoms with van der Waals surface area (Å²) >= 11 is 2.63. The number of nitrogens with one attached hydrogen (secondary N) is 3. The van der Waals surface area contributed by atoms with Gasteiger partial charge in [0, 0.05) is 32.7 Å². The molecule has 3 amide bonds. The molecule has 9 nitrogen and oxygen atoms in total. The number of ether oxygens (including phenoxy) is 2. The van der Waals surface area contributed by atoms with Gasteiger partial charge < -0.3 is 25.4 Å². The molecule has 5 aromatic rings. The summed E-state index contributed by atoms with van der Waals surface area (Å²) in [6, 6.07) is 26.7. The van der Waals surface area contributed by atoms with E-state index in [0.717, 1.165) is 10.5 Å². The van der Waals surface area contributed by atoms with Crippen LogP contribution in [0, 0.1) is 5.82 Å². The van der Waals surface area contributed by atoms with Gasteiger partial charge >= 0.3 is 0 Å². The fourth-order valence-corrected chi connectivity index (χ4v) is 5.72. The summed E-state index contributed by atoms with van der Waals surface area (Å²) in [6.45, 7) is 0. The number of halogens is 1. The van der Waals surface area contributed by atoms with Gasteiger partial charge in [0.25, 0.3) is 11.8 Å². The van der Waals surface area contributed by atoms with Crippen molar-refractivity contribution < 1.29 is 28.2 Å². The minimum atomic E-state index is -0.631. The van der Waals surface area contributed by atoms with Crippen molar-refractivity contribution in [2.75, 3.05) is 30.6 Å². The van der Waals surface area contributed by atoms with Gasteiger partial charge in [-0.15, -0.1) is 23.1 Å². The van der Waals surface area contributed by atoms with E-state index in [9.17, 15) is 18.8 Å². The highest BCUT2D eigenvalue weighted by Crippen LogP contribution is 2.33. The van der Waals surface area contributed by atoms with E-state index in [2.05, 4.69) is 20.9 Å². The quantitative estimate of drug-likeness (QED) is 0.0958. The maximum Gasteiger partial charge on any atom is 0.272 e. The number of thioether (sulfide) groups is 1. The lowest BCUT2D eigenvalue weighted by Crippen LogP contribution is -2.30. The third-order valence-electron chi connectivity index (χ3n) is 6.65. The molecular formula is C35H29FN4O5S2. The van der Waals surface area contributed by atoms with Crippen LogP contribution in [-0.2, 0) is 9.59 Å². The molecule has 0 spiro atoms. The van der Waals surface area contributed by atoms with Crippen molar-refractivity contribution >= 4 is 57.7 Å². The van der Waals surface area contributed by atoms with Gasteiger partial charge in [-0.1, -0.05) is 36.4 Å². The maximum absolute atomic E-state index is 14.4. The number of thiazole rings is 1. The Morgan fingerprint density at radius 3 is 2.32 bits per heavy atom. The Morgan fingerprint density at radius 2 is 1.60 bits per heavy atom. The van der Waals surface area contributed by atoms with E-state index < -0.39 is 17.6 Å². The maximum atomic E-state index is 14.4. The summed E-state index contributed by atoms with van der Waals surface area (Å²) in [7, 11) is 3.13. The zero-order chi connectivity index (χ0) is 33.2. The van der Waals surface area contributed by atoms with Crippen LogP contribution in [0.5, 0.6) is 11.5 Å². The van der Waals surface area contributed by atoms with Crippen molar-refractivity contribution in [3.63, 3.8) is 0 Å². The largest absolute Gasteiger partial charge is 0.493 e. The van der Waals surface area contributed by atoms with Gasteiger partial charge in [0.1, 0.15) is 11.5 Å². The first-order valence-electron chi connectivity index (χ1n) is 14.2. The normalized spacial score (nSPS) is 11.0. The Labute approximate surface area is 278 Å². The van der Waals surface area contributed by atoms with Crippen molar-refractivity contribution in [1.29, 1.82) is 0 Å². The van der Waals surface area contributed by atoms with E-state index in [4.69, 9.17) is 9.47 Å². The molecule has 3 N–H and O–H groups in total. The summed E-state index contributed by atoms with van der Waals surface area (Å²) in [5, 5.41) is 10.5. The van der Waals surface area contributed by atoms with Gasteiger partial charge in [-0.25, -0.2) is 9.37 Å². The van der Waals surface area contributed by atoms with Crippen LogP contribution in [0.4, 0.5) is 15.2 Å². The SMILES string of the molecule is COc1ccc(-c2csc(NC(=O)CSc3ccc(NC(=O)/C(=C/c4ccccc4F)NC(=O)c4ccccc4)cc3)n2)cc1OC. The number of hydrogen-bond acceptors (Lipinski definition) is 8. The molecule has 0 saturated heterocycles. The molecule has 0 aliphatic carbocycles. The fraction of sp³-hybridized carbons (Fsp3) is 0.0857. The Balaban J connectivity index is 1.18. The van der Waals surface area contributed by atoms with Gasteiger partial charge in [-0.2, -0.15) is 0 Å². The lowest BCUT2D eigenvalue weighted by atomic mass is 10.1. The smallest absolute Gasteiger partial charge is 0.272 e. The van der Waals surface area contributed by atoms with Crippen LogP contribution >= 0.6 is 23.1 Å². The summed E-state index contributed by atoms with van der Waals surface area (Å²) in [4.78, 5) is 44.0. The Kier molecular flexibility index (Phi) is 11.0. The van der Waals surface area contributed by atoms with E-state index in [1.165, 1.54) is 47.4 Å². The van der Waals surface area contributed by atoms with Crippen LogP contribution < -0.4 is 25.4 Å². The van der Waals surface area contributed by atoms with Crippen molar-refractivity contribution in [2.45, 2.75) is 4.90 Å². The highest BCUT2D eigenvalue weighted by Gasteiger charge is 2.16. The number of benzene rings is 4. The highest BCUT2D eigenvalue weighted by atomic mass is 32.2. The second-order valence-corrected chi connectivity index (χ2v) is 11.7. The summed E-state index contributed by atoms with van der Waals surface area (Å²) < 4.78 is 25.0. The van der Waals surface area contributed by atoms with Gasteiger partial charge in [-0.05, 0) is 66.7 Å². The number of carbonyl (C=O) groups is 3. The van der Waals surface area contributed by atoms with Gasteiger partial charge in [0.05, 0.1) is 25.7 Å². The van der Waals surface area contributed by atoms with Crippen molar-refractivity contribution in [1.82, 2.24) is 10.3 Å². The molecular weight excluding hydrogens is 640 g/mol. The number of aromatic nitrogens is 1. The standard InChI is InChI=1S/C35H29FN4O5S2/c1-44-30-17-12-24(19-31(30)45-2)29-20-47-35(39-29)40-32(41)21-46-26-15-13-25(14-16-26)37-34(43)28(18-23-10-6-7-11-27(23)36)38-33(42)22-8-4-3-5-9-22/h3-20H,21H2,1-2H3,(H,37,43)(H,38,42)(H,39,40,41)/b28-18-. The molecule has 0 radical (unpaired) electrons. The molecule has 0 aliphatic heterocycles. The van der Waals surface area contributed by atoms with Crippen LogP contribution in [0.15, 0.2) is 113 Å². The van der Waals surface area contributed by atoms with Gasteiger partial charge in [0.15, 0.2) is 16.6 Å². The molecule has 0 atom stereocenters. The van der Waals surface area contributed by atoms with E-state index in [-0.39, 0.29) is 22.9 Å². The first-order chi connectivity index (χ1) is 22.8. The lowest BCUT2D eigenvalue weighted by Gasteiger charge is -2.12. The van der Waals surface area contributed by atoms with Crippen LogP contribution in [0.25, 0.3) is 17.3 Å². The average Bonchev–Trinajstić information content (AvgIpc) is 3.56. The average molecular weight is 669 g/mol. The molecule has 4 aromatic carbocycles. The second-order valence-electron chi connectivity index (χ2n) is 9.82. The van der Waals surface area contributed by atoms with Crippen molar-refractivity contribution in [2.24, 2.45) is 0 Å².